The first-order valence-electron chi connectivity index (χ1n) is 8.05. The van der Waals surface area contributed by atoms with E-state index in [1.807, 2.05) is 0 Å². The zero-order chi connectivity index (χ0) is 13.8. The van der Waals surface area contributed by atoms with Crippen LogP contribution in [0.25, 0.3) is 0 Å². The van der Waals surface area contributed by atoms with Crippen molar-refractivity contribution in [1.29, 1.82) is 0 Å². The van der Waals surface area contributed by atoms with Gasteiger partial charge in [-0.2, -0.15) is 0 Å². The van der Waals surface area contributed by atoms with Crippen LogP contribution in [0.15, 0.2) is 24.3 Å². The summed E-state index contributed by atoms with van der Waals surface area (Å²) < 4.78 is 5.79. The van der Waals surface area contributed by atoms with E-state index in [2.05, 4.69) is 41.4 Å². The molecule has 0 spiro atoms. The molecule has 0 aliphatic carbocycles. The van der Waals surface area contributed by atoms with Gasteiger partial charge in [-0.25, -0.2) is 0 Å². The second-order valence-electron chi connectivity index (χ2n) is 6.01. The molecule has 2 aliphatic rings. The molecule has 0 aromatic heterocycles. The van der Waals surface area contributed by atoms with Gasteiger partial charge in [0.25, 0.3) is 0 Å². The zero-order valence-electron chi connectivity index (χ0n) is 12.5. The molecular formula is C17H26N2O. The Morgan fingerprint density at radius 2 is 2.20 bits per heavy atom. The first-order valence-corrected chi connectivity index (χ1v) is 8.05. The normalized spacial score (nSPS) is 25.5. The lowest BCUT2D eigenvalue weighted by molar-refractivity contribution is 0.172. The smallest absolute Gasteiger partial charge is 0.122 e. The van der Waals surface area contributed by atoms with Crippen LogP contribution in [0.5, 0.6) is 5.75 Å². The first-order chi connectivity index (χ1) is 9.88. The number of fused-ring (bicyclic) bond motifs is 1. The molecule has 1 aromatic rings. The van der Waals surface area contributed by atoms with Gasteiger partial charge in [0.2, 0.25) is 0 Å². The minimum Gasteiger partial charge on any atom is -0.493 e. The Balaban J connectivity index is 1.72. The van der Waals surface area contributed by atoms with Crippen molar-refractivity contribution >= 4 is 0 Å². The van der Waals surface area contributed by atoms with Crippen LogP contribution in [0.1, 0.15) is 37.7 Å². The summed E-state index contributed by atoms with van der Waals surface area (Å²) in [6, 6.07) is 9.30. The van der Waals surface area contributed by atoms with Gasteiger partial charge in [-0.1, -0.05) is 25.1 Å². The summed E-state index contributed by atoms with van der Waals surface area (Å²) in [7, 11) is 0. The lowest BCUT2D eigenvalue weighted by Gasteiger charge is -2.34. The number of rotatable bonds is 5. The molecule has 1 N–H and O–H groups in total. The highest BCUT2D eigenvalue weighted by molar-refractivity contribution is 5.38. The highest BCUT2D eigenvalue weighted by Crippen LogP contribution is 2.34. The Hall–Kier alpha value is -1.06. The molecule has 1 saturated heterocycles. The summed E-state index contributed by atoms with van der Waals surface area (Å²) >= 11 is 0. The van der Waals surface area contributed by atoms with E-state index in [-0.39, 0.29) is 0 Å². The summed E-state index contributed by atoms with van der Waals surface area (Å²) in [5.41, 5.74) is 1.41. The number of nitrogens with one attached hydrogen (secondary N) is 1. The van der Waals surface area contributed by atoms with E-state index in [0.29, 0.717) is 5.92 Å². The van der Waals surface area contributed by atoms with Crippen LogP contribution in [0.3, 0.4) is 0 Å². The molecule has 0 amide bonds. The average Bonchev–Trinajstić information content (AvgIpc) is 3.01. The van der Waals surface area contributed by atoms with Crippen molar-refractivity contribution in [3.63, 3.8) is 0 Å². The van der Waals surface area contributed by atoms with Gasteiger partial charge in [0, 0.05) is 25.0 Å². The first kappa shape index (κ1) is 13.9. The summed E-state index contributed by atoms with van der Waals surface area (Å²) in [5.74, 6) is 1.73. The zero-order valence-corrected chi connectivity index (χ0v) is 12.5. The molecule has 3 nitrogen and oxygen atoms in total. The van der Waals surface area contributed by atoms with Crippen molar-refractivity contribution in [2.75, 3.05) is 32.8 Å². The monoisotopic (exact) mass is 274 g/mol. The average molecular weight is 274 g/mol. The Bertz CT molecular complexity index is 429. The SMILES string of the molecule is CCCN(CC1CCOc2ccccc21)C1CCNC1. The molecule has 20 heavy (non-hydrogen) atoms. The van der Waals surface area contributed by atoms with Crippen molar-refractivity contribution < 1.29 is 4.74 Å². The predicted molar refractivity (Wildman–Crippen MR) is 82.4 cm³/mol. The van der Waals surface area contributed by atoms with Crippen molar-refractivity contribution in [3.8, 4) is 5.75 Å². The molecule has 1 aromatic carbocycles. The van der Waals surface area contributed by atoms with Gasteiger partial charge in [0.15, 0.2) is 0 Å². The fraction of sp³-hybridized carbons (Fsp3) is 0.647. The minimum absolute atomic E-state index is 0.632. The van der Waals surface area contributed by atoms with Crippen molar-refractivity contribution in [3.05, 3.63) is 29.8 Å². The lowest BCUT2D eigenvalue weighted by atomic mass is 9.92. The summed E-state index contributed by atoms with van der Waals surface area (Å²) in [6.45, 7) is 7.88. The molecular weight excluding hydrogens is 248 g/mol. The van der Waals surface area contributed by atoms with Gasteiger partial charge in [-0.05, 0) is 44.0 Å². The van der Waals surface area contributed by atoms with Crippen LogP contribution >= 0.6 is 0 Å². The highest BCUT2D eigenvalue weighted by Gasteiger charge is 2.27. The van der Waals surface area contributed by atoms with Crippen molar-refractivity contribution in [2.24, 2.45) is 0 Å². The van der Waals surface area contributed by atoms with E-state index >= 15 is 0 Å². The predicted octanol–water partition coefficient (Wildman–Crippen LogP) is 2.63. The number of nitrogens with zero attached hydrogens (tertiary/aromatic N) is 1. The van der Waals surface area contributed by atoms with Crippen molar-refractivity contribution in [2.45, 2.75) is 38.1 Å². The maximum Gasteiger partial charge on any atom is 0.122 e. The van der Waals surface area contributed by atoms with E-state index in [4.69, 9.17) is 4.74 Å². The lowest BCUT2D eigenvalue weighted by Crippen LogP contribution is -2.40. The molecule has 2 unspecified atom stereocenters. The van der Waals surface area contributed by atoms with E-state index in [1.165, 1.54) is 38.0 Å². The van der Waals surface area contributed by atoms with Gasteiger partial charge in [0.1, 0.15) is 5.75 Å². The molecule has 0 saturated carbocycles. The molecule has 0 bridgehead atoms. The summed E-state index contributed by atoms with van der Waals surface area (Å²) in [5, 5.41) is 3.50. The van der Waals surface area contributed by atoms with Gasteiger partial charge in [0.05, 0.1) is 6.61 Å². The minimum atomic E-state index is 0.632. The summed E-state index contributed by atoms with van der Waals surface area (Å²) in [6.07, 6.45) is 3.68. The van der Waals surface area contributed by atoms with E-state index in [0.717, 1.165) is 31.4 Å². The Morgan fingerprint density at radius 1 is 1.30 bits per heavy atom. The third-order valence-corrected chi connectivity index (χ3v) is 4.60. The molecule has 3 rings (SSSR count). The van der Waals surface area contributed by atoms with Gasteiger partial charge < -0.3 is 10.1 Å². The number of hydrogen-bond acceptors (Lipinski definition) is 3. The third kappa shape index (κ3) is 2.99. The van der Waals surface area contributed by atoms with Crippen LogP contribution in [0, 0.1) is 0 Å². The van der Waals surface area contributed by atoms with Crippen LogP contribution in [0.4, 0.5) is 0 Å². The van der Waals surface area contributed by atoms with Crippen LogP contribution in [0.2, 0.25) is 0 Å². The second-order valence-corrected chi connectivity index (χ2v) is 6.01. The van der Waals surface area contributed by atoms with E-state index in [9.17, 15) is 0 Å². The molecule has 110 valence electrons. The number of ether oxygens (including phenoxy) is 1. The summed E-state index contributed by atoms with van der Waals surface area (Å²) in [4.78, 5) is 2.70. The maximum absolute atomic E-state index is 5.79. The van der Waals surface area contributed by atoms with Gasteiger partial charge in [-0.3, -0.25) is 4.90 Å². The number of benzene rings is 1. The topological polar surface area (TPSA) is 24.5 Å². The molecule has 1 fully saturated rings. The quantitative estimate of drug-likeness (QED) is 0.893. The largest absolute Gasteiger partial charge is 0.493 e. The van der Waals surface area contributed by atoms with Crippen molar-refractivity contribution in [1.82, 2.24) is 10.2 Å². The van der Waals surface area contributed by atoms with E-state index in [1.54, 1.807) is 0 Å². The molecule has 0 radical (unpaired) electrons. The maximum atomic E-state index is 5.79. The number of hydrogen-bond donors (Lipinski definition) is 1. The Kier molecular flexibility index (Phi) is 4.58. The fourth-order valence-corrected chi connectivity index (χ4v) is 3.55. The molecule has 2 atom stereocenters. The molecule has 2 aliphatic heterocycles. The highest BCUT2D eigenvalue weighted by atomic mass is 16.5. The second kappa shape index (κ2) is 6.59. The van der Waals surface area contributed by atoms with Crippen LogP contribution in [-0.4, -0.2) is 43.7 Å². The van der Waals surface area contributed by atoms with Gasteiger partial charge >= 0.3 is 0 Å². The Labute approximate surface area is 122 Å². The van der Waals surface area contributed by atoms with Crippen LogP contribution < -0.4 is 10.1 Å². The fourth-order valence-electron chi connectivity index (χ4n) is 3.55. The Morgan fingerprint density at radius 3 is 3.00 bits per heavy atom. The van der Waals surface area contributed by atoms with E-state index < -0.39 is 0 Å². The van der Waals surface area contributed by atoms with Gasteiger partial charge in [-0.15, -0.1) is 0 Å². The molecule has 3 heteroatoms. The number of para-hydroxylation sites is 1. The third-order valence-electron chi connectivity index (χ3n) is 4.60. The molecule has 2 heterocycles. The van der Waals surface area contributed by atoms with Crippen LogP contribution in [-0.2, 0) is 0 Å². The standard InChI is InChI=1S/C17H26N2O/c1-2-10-19(15-7-9-18-12-15)13-14-8-11-20-17-6-4-3-5-16(14)17/h3-6,14-15,18H,2,7-13H2,1H3.